The van der Waals surface area contributed by atoms with Crippen LogP contribution in [0.3, 0.4) is 0 Å². The Morgan fingerprint density at radius 2 is 1.79 bits per heavy atom. The molecule has 144 valence electrons. The largest absolute Gasteiger partial charge is 0.465 e. The Hall–Kier alpha value is -3.48. The predicted molar refractivity (Wildman–Crippen MR) is 98.8 cm³/mol. The van der Waals surface area contributed by atoms with Crippen LogP contribution in [0.5, 0.6) is 0 Å². The Morgan fingerprint density at radius 3 is 2.50 bits per heavy atom. The van der Waals surface area contributed by atoms with Crippen LogP contribution in [0.4, 0.5) is 14.5 Å². The molecule has 5 nitrogen and oxygen atoms in total. The van der Waals surface area contributed by atoms with Gasteiger partial charge in [-0.1, -0.05) is 30.3 Å². The summed E-state index contributed by atoms with van der Waals surface area (Å²) in [7, 11) is 1.08. The molecule has 0 aliphatic rings. The van der Waals surface area contributed by atoms with Gasteiger partial charge in [0.25, 0.3) is 0 Å². The number of furan rings is 1. The molecule has 0 aliphatic heterocycles. The molecule has 0 bridgehead atoms. The Kier molecular flexibility index (Phi) is 5.84. The van der Waals surface area contributed by atoms with Crippen LogP contribution in [-0.4, -0.2) is 19.0 Å². The first-order valence-electron chi connectivity index (χ1n) is 8.49. The van der Waals surface area contributed by atoms with E-state index < -0.39 is 29.1 Å². The minimum absolute atomic E-state index is 0.0200. The molecule has 0 spiro atoms. The maximum absolute atomic E-state index is 13.9. The maximum Gasteiger partial charge on any atom is 0.340 e. The first kappa shape index (κ1) is 19.3. The van der Waals surface area contributed by atoms with Crippen LogP contribution in [-0.2, 0) is 16.0 Å². The van der Waals surface area contributed by atoms with Crippen LogP contribution in [0.1, 0.15) is 22.5 Å². The molecule has 3 rings (SSSR count). The van der Waals surface area contributed by atoms with Gasteiger partial charge in [0.2, 0.25) is 5.91 Å². The highest BCUT2D eigenvalue weighted by molar-refractivity contribution is 5.94. The van der Waals surface area contributed by atoms with Crippen LogP contribution < -0.4 is 5.32 Å². The van der Waals surface area contributed by atoms with E-state index in [2.05, 4.69) is 10.1 Å². The van der Waals surface area contributed by atoms with Crippen molar-refractivity contribution in [1.82, 2.24) is 0 Å². The van der Waals surface area contributed by atoms with Gasteiger partial charge in [0.1, 0.15) is 23.2 Å². The zero-order chi connectivity index (χ0) is 20.1. The topological polar surface area (TPSA) is 68.5 Å². The number of esters is 1. The van der Waals surface area contributed by atoms with Gasteiger partial charge in [-0.15, -0.1) is 0 Å². The highest BCUT2D eigenvalue weighted by Crippen LogP contribution is 2.23. The number of hydrogen-bond donors (Lipinski definition) is 1. The Bertz CT molecular complexity index is 999. The van der Waals surface area contributed by atoms with E-state index in [1.807, 2.05) is 36.4 Å². The number of methoxy groups -OCH3 is 1. The fourth-order valence-corrected chi connectivity index (χ4v) is 2.63. The number of carbonyl (C=O) groups is 2. The smallest absolute Gasteiger partial charge is 0.340 e. The third kappa shape index (κ3) is 4.43. The van der Waals surface area contributed by atoms with Crippen molar-refractivity contribution < 1.29 is 27.5 Å². The van der Waals surface area contributed by atoms with E-state index in [1.54, 1.807) is 6.07 Å². The SMILES string of the molecule is COC(=O)c1cc(NC(=O)CCc2ccc(-c3ccccc3)o2)c(F)cc1F. The second kappa shape index (κ2) is 8.47. The highest BCUT2D eigenvalue weighted by Gasteiger charge is 2.18. The average molecular weight is 385 g/mol. The molecule has 3 aromatic rings. The van der Waals surface area contributed by atoms with E-state index in [4.69, 9.17) is 4.42 Å². The number of anilines is 1. The van der Waals surface area contributed by atoms with Crippen molar-refractivity contribution in [3.63, 3.8) is 0 Å². The van der Waals surface area contributed by atoms with Crippen LogP contribution in [0.2, 0.25) is 0 Å². The molecular weight excluding hydrogens is 368 g/mol. The van der Waals surface area contributed by atoms with Crippen LogP contribution in [0.15, 0.2) is 59.0 Å². The predicted octanol–water partition coefficient (Wildman–Crippen LogP) is 4.58. The minimum Gasteiger partial charge on any atom is -0.465 e. The number of benzene rings is 2. The number of amides is 1. The Morgan fingerprint density at radius 1 is 1.04 bits per heavy atom. The summed E-state index contributed by atoms with van der Waals surface area (Å²) in [6, 6.07) is 14.5. The zero-order valence-electron chi connectivity index (χ0n) is 15.0. The molecule has 0 atom stereocenters. The lowest BCUT2D eigenvalue weighted by Crippen LogP contribution is -2.15. The summed E-state index contributed by atoms with van der Waals surface area (Å²) in [5.74, 6) is -2.22. The molecular formula is C21H17F2NO4. The van der Waals surface area contributed by atoms with Gasteiger partial charge in [-0.3, -0.25) is 4.79 Å². The van der Waals surface area contributed by atoms with E-state index in [9.17, 15) is 18.4 Å². The van der Waals surface area contributed by atoms with Gasteiger partial charge < -0.3 is 14.5 Å². The Balaban J connectivity index is 1.64. The van der Waals surface area contributed by atoms with Crippen LogP contribution in [0, 0.1) is 11.6 Å². The van der Waals surface area contributed by atoms with Gasteiger partial charge in [0.05, 0.1) is 18.4 Å². The van der Waals surface area contributed by atoms with Crippen molar-refractivity contribution in [3.8, 4) is 11.3 Å². The van der Waals surface area contributed by atoms with Gasteiger partial charge in [0.15, 0.2) is 0 Å². The van der Waals surface area contributed by atoms with Crippen molar-refractivity contribution in [2.75, 3.05) is 12.4 Å². The van der Waals surface area contributed by atoms with E-state index in [0.717, 1.165) is 18.7 Å². The van der Waals surface area contributed by atoms with Gasteiger partial charge in [-0.25, -0.2) is 13.6 Å². The van der Waals surface area contributed by atoms with Gasteiger partial charge in [-0.05, 0) is 18.2 Å². The van der Waals surface area contributed by atoms with Crippen molar-refractivity contribution in [2.24, 2.45) is 0 Å². The first-order valence-corrected chi connectivity index (χ1v) is 8.49. The van der Waals surface area contributed by atoms with Crippen molar-refractivity contribution in [1.29, 1.82) is 0 Å². The average Bonchev–Trinajstić information content (AvgIpc) is 3.17. The molecule has 0 unspecified atom stereocenters. The monoisotopic (exact) mass is 385 g/mol. The summed E-state index contributed by atoms with van der Waals surface area (Å²) in [5, 5.41) is 2.34. The van der Waals surface area contributed by atoms with Crippen molar-refractivity contribution in [2.45, 2.75) is 12.8 Å². The quantitative estimate of drug-likeness (QED) is 0.631. The molecule has 7 heteroatoms. The van der Waals surface area contributed by atoms with E-state index >= 15 is 0 Å². The number of ether oxygens (including phenoxy) is 1. The van der Waals surface area contributed by atoms with Crippen molar-refractivity contribution in [3.05, 3.63) is 77.6 Å². The van der Waals surface area contributed by atoms with Crippen LogP contribution >= 0.6 is 0 Å². The first-order chi connectivity index (χ1) is 13.5. The lowest BCUT2D eigenvalue weighted by molar-refractivity contribution is -0.116. The molecule has 0 saturated carbocycles. The summed E-state index contributed by atoms with van der Waals surface area (Å²) in [5.41, 5.74) is 0.163. The van der Waals surface area contributed by atoms with Crippen molar-refractivity contribution >= 4 is 17.6 Å². The van der Waals surface area contributed by atoms with Gasteiger partial charge in [0, 0.05) is 24.5 Å². The number of halogens is 2. The lowest BCUT2D eigenvalue weighted by Gasteiger charge is -2.09. The summed E-state index contributed by atoms with van der Waals surface area (Å²) in [6.07, 6.45) is 0.317. The highest BCUT2D eigenvalue weighted by atomic mass is 19.1. The third-order valence-electron chi connectivity index (χ3n) is 4.05. The molecule has 0 radical (unpaired) electrons. The molecule has 0 fully saturated rings. The lowest BCUT2D eigenvalue weighted by atomic mass is 10.1. The molecule has 2 aromatic carbocycles. The number of hydrogen-bond acceptors (Lipinski definition) is 4. The summed E-state index contributed by atoms with van der Waals surface area (Å²) >= 11 is 0. The molecule has 1 heterocycles. The molecule has 1 amide bonds. The maximum atomic E-state index is 13.9. The number of carbonyl (C=O) groups excluding carboxylic acids is 2. The van der Waals surface area contributed by atoms with Gasteiger partial charge in [-0.2, -0.15) is 0 Å². The molecule has 0 aliphatic carbocycles. The number of nitrogens with one attached hydrogen (secondary N) is 1. The van der Waals surface area contributed by atoms with E-state index in [1.165, 1.54) is 0 Å². The summed E-state index contributed by atoms with van der Waals surface area (Å²) in [4.78, 5) is 23.6. The summed E-state index contributed by atoms with van der Waals surface area (Å²) < 4.78 is 37.7. The van der Waals surface area contributed by atoms with E-state index in [-0.39, 0.29) is 12.1 Å². The number of rotatable bonds is 6. The number of aryl methyl sites for hydroxylation is 1. The van der Waals surface area contributed by atoms with Gasteiger partial charge >= 0.3 is 5.97 Å². The molecule has 1 N–H and O–H groups in total. The fourth-order valence-electron chi connectivity index (χ4n) is 2.63. The fraction of sp³-hybridized carbons (Fsp3) is 0.143. The zero-order valence-corrected chi connectivity index (χ0v) is 15.0. The second-order valence-electron chi connectivity index (χ2n) is 5.98. The normalized spacial score (nSPS) is 10.5. The van der Waals surface area contributed by atoms with E-state index in [0.29, 0.717) is 24.0 Å². The van der Waals surface area contributed by atoms with Crippen LogP contribution in [0.25, 0.3) is 11.3 Å². The summed E-state index contributed by atoms with van der Waals surface area (Å²) in [6.45, 7) is 0. The standard InChI is InChI=1S/C21H17F2NO4/c1-27-21(26)15-11-18(17(23)12-16(15)22)24-20(25)10-8-14-7-9-19(28-14)13-5-3-2-4-6-13/h2-7,9,11-12H,8,10H2,1H3,(H,24,25). The second-order valence-corrected chi connectivity index (χ2v) is 5.98. The molecule has 0 saturated heterocycles. The Labute approximate surface area is 159 Å². The third-order valence-corrected chi connectivity index (χ3v) is 4.05. The molecule has 28 heavy (non-hydrogen) atoms. The molecule has 1 aromatic heterocycles. The minimum atomic E-state index is -1.06.